The maximum atomic E-state index is 13.9. The minimum atomic E-state index is -0.343. The van der Waals surface area contributed by atoms with Crippen LogP contribution in [0.25, 0.3) is 0 Å². The number of ether oxygens (including phenoxy) is 1. The summed E-state index contributed by atoms with van der Waals surface area (Å²) in [5, 5.41) is 0. The van der Waals surface area contributed by atoms with Crippen LogP contribution in [0.15, 0.2) is 30.6 Å². The molecule has 0 saturated heterocycles. The lowest BCUT2D eigenvalue weighted by atomic mass is 10.2. The summed E-state index contributed by atoms with van der Waals surface area (Å²) < 4.78 is 20.7. The lowest BCUT2D eigenvalue weighted by molar-refractivity contribution is 0.383. The summed E-state index contributed by atoms with van der Waals surface area (Å²) in [6.07, 6.45) is 3.42. The predicted molar refractivity (Wildman–Crippen MR) is 63.8 cm³/mol. The lowest BCUT2D eigenvalue weighted by Gasteiger charge is -2.09. The molecule has 0 bridgehead atoms. The van der Waals surface area contributed by atoms with E-state index in [9.17, 15) is 4.39 Å². The third-order valence-corrected chi connectivity index (χ3v) is 2.76. The van der Waals surface area contributed by atoms with Gasteiger partial charge in [0, 0.05) is 18.0 Å². The Balaban J connectivity index is 2.30. The average molecular weight is 255 g/mol. The van der Waals surface area contributed by atoms with Crippen molar-refractivity contribution >= 4 is 11.6 Å². The molecule has 5 heteroatoms. The molecule has 0 radical (unpaired) electrons. The van der Waals surface area contributed by atoms with Crippen LogP contribution in [0.5, 0.6) is 5.75 Å². The third kappa shape index (κ3) is 2.42. The summed E-state index contributed by atoms with van der Waals surface area (Å²) in [5.74, 6) is 0.923. The second-order valence-corrected chi connectivity index (χ2v) is 3.81. The molecule has 90 valence electrons. The van der Waals surface area contributed by atoms with Gasteiger partial charge in [-0.2, -0.15) is 0 Å². The largest absolute Gasteiger partial charge is 0.494 e. The maximum absolute atomic E-state index is 13.9. The maximum Gasteiger partial charge on any atom is 0.170 e. The standard InChI is InChI=1S/C12H12ClFN2O/c1-17-10-4-2-3-9(12(10)14)8-16-6-5-15-11(16)7-13/h2-6H,7-8H2,1H3. The van der Waals surface area contributed by atoms with Crippen molar-refractivity contribution in [2.45, 2.75) is 12.4 Å². The fraction of sp³-hybridized carbons (Fsp3) is 0.250. The smallest absolute Gasteiger partial charge is 0.170 e. The van der Waals surface area contributed by atoms with Gasteiger partial charge in [-0.05, 0) is 6.07 Å². The zero-order valence-electron chi connectivity index (χ0n) is 9.36. The van der Waals surface area contributed by atoms with Gasteiger partial charge in [0.05, 0.1) is 19.5 Å². The van der Waals surface area contributed by atoms with E-state index in [4.69, 9.17) is 16.3 Å². The number of aromatic nitrogens is 2. The summed E-state index contributed by atoms with van der Waals surface area (Å²) in [4.78, 5) is 4.08. The van der Waals surface area contributed by atoms with Crippen molar-refractivity contribution in [1.29, 1.82) is 0 Å². The van der Waals surface area contributed by atoms with Gasteiger partial charge in [0.25, 0.3) is 0 Å². The highest BCUT2D eigenvalue weighted by atomic mass is 35.5. The normalized spacial score (nSPS) is 10.5. The predicted octanol–water partition coefficient (Wildman–Crippen LogP) is 2.82. The Morgan fingerprint density at radius 2 is 2.29 bits per heavy atom. The van der Waals surface area contributed by atoms with Crippen molar-refractivity contribution in [3.63, 3.8) is 0 Å². The first kappa shape index (κ1) is 11.9. The Morgan fingerprint density at radius 1 is 1.47 bits per heavy atom. The molecule has 0 amide bonds. The molecule has 1 aromatic carbocycles. The molecule has 17 heavy (non-hydrogen) atoms. The van der Waals surface area contributed by atoms with E-state index in [1.54, 1.807) is 30.6 Å². The van der Waals surface area contributed by atoms with E-state index < -0.39 is 0 Å². The van der Waals surface area contributed by atoms with E-state index in [2.05, 4.69) is 4.98 Å². The quantitative estimate of drug-likeness (QED) is 0.785. The Morgan fingerprint density at radius 3 is 3.00 bits per heavy atom. The van der Waals surface area contributed by atoms with E-state index in [0.29, 0.717) is 23.8 Å². The molecule has 2 aromatic rings. The molecule has 1 heterocycles. The fourth-order valence-corrected chi connectivity index (χ4v) is 1.86. The van der Waals surface area contributed by atoms with Crippen molar-refractivity contribution in [2.24, 2.45) is 0 Å². The highest BCUT2D eigenvalue weighted by molar-refractivity contribution is 6.16. The second kappa shape index (κ2) is 5.19. The van der Waals surface area contributed by atoms with Crippen molar-refractivity contribution in [2.75, 3.05) is 7.11 Å². The number of benzene rings is 1. The molecule has 0 spiro atoms. The number of halogens is 2. The van der Waals surface area contributed by atoms with E-state index in [1.807, 2.05) is 4.57 Å². The van der Waals surface area contributed by atoms with Gasteiger partial charge in [0.15, 0.2) is 11.6 Å². The Kier molecular flexibility index (Phi) is 3.64. The van der Waals surface area contributed by atoms with E-state index in [1.165, 1.54) is 7.11 Å². The molecular formula is C12H12ClFN2O. The summed E-state index contributed by atoms with van der Waals surface area (Å²) in [6.45, 7) is 0.394. The minimum absolute atomic E-state index is 0.245. The average Bonchev–Trinajstić information content (AvgIpc) is 2.79. The van der Waals surface area contributed by atoms with E-state index in [0.717, 1.165) is 0 Å². The number of alkyl halides is 1. The monoisotopic (exact) mass is 254 g/mol. The highest BCUT2D eigenvalue weighted by Crippen LogP contribution is 2.21. The van der Waals surface area contributed by atoms with Crippen molar-refractivity contribution in [3.05, 3.63) is 47.8 Å². The van der Waals surface area contributed by atoms with Gasteiger partial charge in [0.1, 0.15) is 5.82 Å². The molecule has 0 fully saturated rings. The number of methoxy groups -OCH3 is 1. The molecule has 0 aliphatic heterocycles. The van der Waals surface area contributed by atoms with Gasteiger partial charge in [-0.1, -0.05) is 12.1 Å². The van der Waals surface area contributed by atoms with Gasteiger partial charge >= 0.3 is 0 Å². The van der Waals surface area contributed by atoms with Crippen LogP contribution in [-0.4, -0.2) is 16.7 Å². The van der Waals surface area contributed by atoms with Gasteiger partial charge in [-0.15, -0.1) is 11.6 Å². The van der Waals surface area contributed by atoms with E-state index >= 15 is 0 Å². The zero-order valence-corrected chi connectivity index (χ0v) is 10.1. The fourth-order valence-electron chi connectivity index (χ4n) is 1.63. The summed E-state index contributed by atoms with van der Waals surface area (Å²) in [6, 6.07) is 5.07. The molecule has 0 atom stereocenters. The molecule has 2 rings (SSSR count). The summed E-state index contributed by atoms with van der Waals surface area (Å²) >= 11 is 5.74. The molecule has 0 saturated carbocycles. The Labute approximate surface area is 104 Å². The zero-order chi connectivity index (χ0) is 12.3. The number of hydrogen-bond donors (Lipinski definition) is 0. The second-order valence-electron chi connectivity index (χ2n) is 3.54. The highest BCUT2D eigenvalue weighted by Gasteiger charge is 2.10. The molecule has 0 aliphatic rings. The first-order valence-electron chi connectivity index (χ1n) is 5.13. The number of imidazole rings is 1. The van der Waals surface area contributed by atoms with Gasteiger partial charge in [-0.3, -0.25) is 0 Å². The van der Waals surface area contributed by atoms with Gasteiger partial charge < -0.3 is 9.30 Å². The van der Waals surface area contributed by atoms with Crippen LogP contribution < -0.4 is 4.74 Å². The van der Waals surface area contributed by atoms with Gasteiger partial charge in [0.2, 0.25) is 0 Å². The molecular weight excluding hydrogens is 243 g/mol. The van der Waals surface area contributed by atoms with Gasteiger partial charge in [-0.25, -0.2) is 9.37 Å². The van der Waals surface area contributed by atoms with Crippen molar-refractivity contribution in [3.8, 4) is 5.75 Å². The molecule has 0 N–H and O–H groups in total. The first-order valence-corrected chi connectivity index (χ1v) is 5.67. The number of rotatable bonds is 4. The lowest BCUT2D eigenvalue weighted by Crippen LogP contribution is -2.05. The van der Waals surface area contributed by atoms with Crippen molar-refractivity contribution in [1.82, 2.24) is 9.55 Å². The van der Waals surface area contributed by atoms with E-state index in [-0.39, 0.29) is 11.6 Å². The minimum Gasteiger partial charge on any atom is -0.494 e. The van der Waals surface area contributed by atoms with Crippen LogP contribution in [0.4, 0.5) is 4.39 Å². The molecule has 3 nitrogen and oxygen atoms in total. The van der Waals surface area contributed by atoms with Crippen molar-refractivity contribution < 1.29 is 9.13 Å². The topological polar surface area (TPSA) is 27.1 Å². The molecule has 0 aliphatic carbocycles. The number of hydrogen-bond acceptors (Lipinski definition) is 2. The summed E-state index contributed by atoms with van der Waals surface area (Å²) in [5.41, 5.74) is 0.550. The van der Waals surface area contributed by atoms with Crippen LogP contribution in [0.3, 0.4) is 0 Å². The van der Waals surface area contributed by atoms with Crippen LogP contribution >= 0.6 is 11.6 Å². The van der Waals surface area contributed by atoms with Crippen LogP contribution in [0, 0.1) is 5.82 Å². The third-order valence-electron chi connectivity index (χ3n) is 2.53. The molecule has 1 aromatic heterocycles. The number of nitrogens with zero attached hydrogens (tertiary/aromatic N) is 2. The van der Waals surface area contributed by atoms with Crippen LogP contribution in [0.1, 0.15) is 11.4 Å². The Hall–Kier alpha value is -1.55. The van der Waals surface area contributed by atoms with Crippen LogP contribution in [0.2, 0.25) is 0 Å². The SMILES string of the molecule is COc1cccc(Cn2ccnc2CCl)c1F. The van der Waals surface area contributed by atoms with Crippen LogP contribution in [-0.2, 0) is 12.4 Å². The molecule has 0 unspecified atom stereocenters. The summed E-state index contributed by atoms with van der Waals surface area (Å²) in [7, 11) is 1.45. The first-order chi connectivity index (χ1) is 8.26. The Bertz CT molecular complexity index is 513.